The topological polar surface area (TPSA) is 90.3 Å². The van der Waals surface area contributed by atoms with Crippen LogP contribution in [-0.4, -0.2) is 70.8 Å². The van der Waals surface area contributed by atoms with Crippen molar-refractivity contribution in [2.75, 3.05) is 39.8 Å². The number of H-pyrrole nitrogens is 1. The lowest BCUT2D eigenvalue weighted by Gasteiger charge is -2.34. The molecular weight excluding hydrogens is 404 g/mol. The van der Waals surface area contributed by atoms with Crippen LogP contribution in [-0.2, 0) is 0 Å². The van der Waals surface area contributed by atoms with Gasteiger partial charge in [-0.3, -0.25) is 14.8 Å². The summed E-state index contributed by atoms with van der Waals surface area (Å²) in [6.45, 7) is 4.79. The van der Waals surface area contributed by atoms with Crippen LogP contribution < -0.4 is 5.32 Å². The Morgan fingerprint density at radius 2 is 1.94 bits per heavy atom. The highest BCUT2D eigenvalue weighted by atomic mass is 16.5. The maximum absolute atomic E-state index is 13.1. The van der Waals surface area contributed by atoms with Crippen molar-refractivity contribution in [2.24, 2.45) is 0 Å². The largest absolute Gasteiger partial charge is 0.355 e. The zero-order valence-electron chi connectivity index (χ0n) is 18.0. The fourth-order valence-electron chi connectivity index (χ4n) is 4.05. The molecule has 4 aromatic rings. The van der Waals surface area contributed by atoms with E-state index in [1.165, 1.54) is 0 Å². The molecule has 0 aliphatic carbocycles. The van der Waals surface area contributed by atoms with Crippen LogP contribution in [0.2, 0.25) is 0 Å². The van der Waals surface area contributed by atoms with E-state index >= 15 is 0 Å². The zero-order valence-corrected chi connectivity index (χ0v) is 18.0. The molecule has 164 valence electrons. The summed E-state index contributed by atoms with van der Waals surface area (Å²) in [7, 11) is 2.14. The first-order valence-electron chi connectivity index (χ1n) is 10.8. The van der Waals surface area contributed by atoms with Gasteiger partial charge in [-0.15, -0.1) is 0 Å². The summed E-state index contributed by atoms with van der Waals surface area (Å²) in [6, 6.07) is 17.5. The van der Waals surface area contributed by atoms with E-state index in [4.69, 9.17) is 4.52 Å². The number of likely N-dealkylation sites (N-methyl/N-ethyl adjacent to an activating group) is 1. The number of aromatic nitrogens is 3. The van der Waals surface area contributed by atoms with Gasteiger partial charge in [0.15, 0.2) is 11.5 Å². The molecule has 2 N–H and O–H groups in total. The van der Waals surface area contributed by atoms with Gasteiger partial charge in [-0.25, -0.2) is 0 Å². The zero-order chi connectivity index (χ0) is 21.9. The SMILES string of the molecule is CN1CCN(CC(NC(=O)c2cc(-c3ccc4[nH]ncc4c3)on2)c2ccccc2)CC1. The Morgan fingerprint density at radius 1 is 1.12 bits per heavy atom. The third-order valence-corrected chi connectivity index (χ3v) is 6.01. The number of hydrogen-bond acceptors (Lipinski definition) is 6. The van der Waals surface area contributed by atoms with Crippen LogP contribution in [0.3, 0.4) is 0 Å². The molecule has 0 saturated carbocycles. The Labute approximate surface area is 186 Å². The molecule has 3 heterocycles. The molecule has 0 radical (unpaired) electrons. The van der Waals surface area contributed by atoms with Crippen molar-refractivity contribution in [3.8, 4) is 11.3 Å². The number of carbonyl (C=O) groups excluding carboxylic acids is 1. The van der Waals surface area contributed by atoms with Crippen LogP contribution in [0.4, 0.5) is 0 Å². The number of rotatable bonds is 6. The molecule has 1 amide bonds. The van der Waals surface area contributed by atoms with Crippen LogP contribution >= 0.6 is 0 Å². The van der Waals surface area contributed by atoms with E-state index in [9.17, 15) is 4.79 Å². The van der Waals surface area contributed by atoms with Gasteiger partial charge >= 0.3 is 0 Å². The molecule has 2 aromatic heterocycles. The summed E-state index contributed by atoms with van der Waals surface area (Å²) in [5.41, 5.74) is 3.14. The highest BCUT2D eigenvalue weighted by Gasteiger charge is 2.23. The van der Waals surface area contributed by atoms with Crippen molar-refractivity contribution >= 4 is 16.8 Å². The molecule has 1 saturated heterocycles. The normalized spacial score (nSPS) is 16.3. The monoisotopic (exact) mass is 430 g/mol. The van der Waals surface area contributed by atoms with E-state index in [2.05, 4.69) is 49.7 Å². The lowest BCUT2D eigenvalue weighted by molar-refractivity contribution is 0.0898. The second-order valence-corrected chi connectivity index (χ2v) is 8.29. The van der Waals surface area contributed by atoms with Crippen LogP contribution in [0.1, 0.15) is 22.1 Å². The first kappa shape index (κ1) is 20.4. The number of fused-ring (bicyclic) bond motifs is 1. The van der Waals surface area contributed by atoms with Gasteiger partial charge in [0, 0.05) is 49.7 Å². The van der Waals surface area contributed by atoms with Crippen molar-refractivity contribution in [3.63, 3.8) is 0 Å². The number of hydrogen-bond donors (Lipinski definition) is 2. The average Bonchev–Trinajstić information content (AvgIpc) is 3.50. The summed E-state index contributed by atoms with van der Waals surface area (Å²) in [5.74, 6) is 0.306. The van der Waals surface area contributed by atoms with Crippen molar-refractivity contribution in [3.05, 3.63) is 72.1 Å². The predicted molar refractivity (Wildman–Crippen MR) is 122 cm³/mol. The van der Waals surface area contributed by atoms with E-state index in [0.717, 1.165) is 54.8 Å². The summed E-state index contributed by atoms with van der Waals surface area (Å²) < 4.78 is 5.49. The molecule has 32 heavy (non-hydrogen) atoms. The number of amides is 1. The quantitative estimate of drug-likeness (QED) is 0.489. The van der Waals surface area contributed by atoms with E-state index in [0.29, 0.717) is 5.76 Å². The molecule has 0 spiro atoms. The third kappa shape index (κ3) is 4.42. The summed E-state index contributed by atoms with van der Waals surface area (Å²) in [6.07, 6.45) is 1.76. The molecule has 1 fully saturated rings. The number of nitrogens with zero attached hydrogens (tertiary/aromatic N) is 4. The third-order valence-electron chi connectivity index (χ3n) is 6.01. The molecule has 1 unspecified atom stereocenters. The fraction of sp³-hybridized carbons (Fsp3) is 0.292. The van der Waals surface area contributed by atoms with Gasteiger partial charge in [0.05, 0.1) is 17.8 Å². The van der Waals surface area contributed by atoms with Crippen LogP contribution in [0.15, 0.2) is 65.3 Å². The van der Waals surface area contributed by atoms with E-state index < -0.39 is 0 Å². The Hall–Kier alpha value is -3.49. The molecular formula is C24H26N6O2. The van der Waals surface area contributed by atoms with Crippen LogP contribution in [0.25, 0.3) is 22.2 Å². The molecule has 1 atom stereocenters. The minimum atomic E-state index is -0.243. The van der Waals surface area contributed by atoms with Crippen molar-refractivity contribution in [1.29, 1.82) is 0 Å². The van der Waals surface area contributed by atoms with Gasteiger partial charge < -0.3 is 14.7 Å². The van der Waals surface area contributed by atoms with Crippen LogP contribution in [0.5, 0.6) is 0 Å². The van der Waals surface area contributed by atoms with Gasteiger partial charge in [0.1, 0.15) is 0 Å². The summed E-state index contributed by atoms with van der Waals surface area (Å²) in [4.78, 5) is 17.8. The summed E-state index contributed by atoms with van der Waals surface area (Å²) >= 11 is 0. The van der Waals surface area contributed by atoms with Gasteiger partial charge in [-0.1, -0.05) is 35.5 Å². The molecule has 8 heteroatoms. The highest BCUT2D eigenvalue weighted by molar-refractivity contribution is 5.93. The standard InChI is InChI=1S/C24H26N6O2/c1-29-9-11-30(12-10-29)16-22(17-5-3-2-4-6-17)26-24(31)21-14-23(32-28-21)18-7-8-20-19(13-18)15-25-27-20/h2-8,13-15,22H,9-12,16H2,1H3,(H,25,27)(H,26,31). The van der Waals surface area contributed by atoms with Crippen molar-refractivity contribution in [1.82, 2.24) is 30.5 Å². The first-order valence-corrected chi connectivity index (χ1v) is 10.8. The van der Waals surface area contributed by atoms with Gasteiger partial charge in [-0.05, 0) is 30.8 Å². The number of carbonyl (C=O) groups is 1. The smallest absolute Gasteiger partial charge is 0.274 e. The first-order chi connectivity index (χ1) is 15.7. The van der Waals surface area contributed by atoms with Crippen molar-refractivity contribution in [2.45, 2.75) is 6.04 Å². The lowest BCUT2D eigenvalue weighted by atomic mass is 10.1. The Balaban J connectivity index is 1.33. The molecule has 1 aliphatic heterocycles. The highest BCUT2D eigenvalue weighted by Crippen LogP contribution is 2.24. The lowest BCUT2D eigenvalue weighted by Crippen LogP contribution is -2.47. The molecule has 1 aliphatic rings. The predicted octanol–water partition coefficient (Wildman–Crippen LogP) is 2.94. The maximum Gasteiger partial charge on any atom is 0.274 e. The van der Waals surface area contributed by atoms with Crippen molar-refractivity contribution < 1.29 is 9.32 Å². The van der Waals surface area contributed by atoms with E-state index in [-0.39, 0.29) is 17.6 Å². The average molecular weight is 431 g/mol. The number of piperazine rings is 1. The maximum atomic E-state index is 13.1. The second-order valence-electron chi connectivity index (χ2n) is 8.29. The Morgan fingerprint density at radius 3 is 2.75 bits per heavy atom. The molecule has 8 nitrogen and oxygen atoms in total. The van der Waals surface area contributed by atoms with E-state index in [1.807, 2.05) is 36.4 Å². The van der Waals surface area contributed by atoms with E-state index in [1.54, 1.807) is 12.3 Å². The Bertz CT molecular complexity index is 1190. The van der Waals surface area contributed by atoms with Gasteiger partial charge in [0.2, 0.25) is 0 Å². The number of nitrogens with one attached hydrogen (secondary N) is 2. The number of benzene rings is 2. The van der Waals surface area contributed by atoms with Crippen LogP contribution in [0, 0.1) is 0 Å². The fourth-order valence-corrected chi connectivity index (χ4v) is 4.05. The molecule has 5 rings (SSSR count). The summed E-state index contributed by atoms with van der Waals surface area (Å²) in [5, 5.41) is 15.1. The minimum Gasteiger partial charge on any atom is -0.355 e. The van der Waals surface area contributed by atoms with Gasteiger partial charge in [-0.2, -0.15) is 5.10 Å². The molecule has 2 aromatic carbocycles. The van der Waals surface area contributed by atoms with Gasteiger partial charge in [0.25, 0.3) is 5.91 Å². The Kier molecular flexibility index (Phi) is 5.70. The minimum absolute atomic E-state index is 0.130. The number of aromatic amines is 1. The second kappa shape index (κ2) is 8.94. The molecule has 0 bridgehead atoms.